The van der Waals surface area contributed by atoms with Gasteiger partial charge in [-0.05, 0) is 69.1 Å². The summed E-state index contributed by atoms with van der Waals surface area (Å²) in [5.74, 6) is 1.97. The number of fused-ring (bicyclic) bond motifs is 1. The van der Waals surface area contributed by atoms with E-state index in [1.807, 2.05) is 7.05 Å². The molecule has 10 heteroatoms. The summed E-state index contributed by atoms with van der Waals surface area (Å²) in [6.07, 6.45) is 12.8. The first-order valence-corrected chi connectivity index (χ1v) is 15.2. The van der Waals surface area contributed by atoms with Crippen molar-refractivity contribution in [3.63, 3.8) is 0 Å². The lowest BCUT2D eigenvalue weighted by Crippen LogP contribution is -2.41. The number of carbonyl (C=O) groups excluding carboxylic acids is 2. The van der Waals surface area contributed by atoms with E-state index in [2.05, 4.69) is 20.5 Å². The molecule has 41 heavy (non-hydrogen) atoms. The number of aliphatic hydroxyl groups is 1. The number of amides is 2. The Bertz CT molecular complexity index is 1290. The van der Waals surface area contributed by atoms with E-state index in [1.54, 1.807) is 36.4 Å². The summed E-state index contributed by atoms with van der Waals surface area (Å²) in [7, 11) is 3.40. The normalized spacial score (nSPS) is 23.7. The monoisotopic (exact) mass is 562 g/mol. The molecule has 2 heterocycles. The highest BCUT2D eigenvalue weighted by Gasteiger charge is 2.55. The van der Waals surface area contributed by atoms with Crippen LogP contribution in [0.5, 0.6) is 5.75 Å². The summed E-state index contributed by atoms with van der Waals surface area (Å²) in [5, 5.41) is 16.5. The molecule has 3 saturated carbocycles. The molecule has 3 fully saturated rings. The SMILES string of the molecule is COc1cc(C(=O)NCC[C@@H]2CCCC[C@@H]2O)ccc1Nc1ncc2c(n1)N(C1CCCC1)CC1(CC1)C(=O)N2C. The van der Waals surface area contributed by atoms with Crippen molar-refractivity contribution >= 4 is 35.0 Å². The molecule has 1 aromatic heterocycles. The summed E-state index contributed by atoms with van der Waals surface area (Å²) < 4.78 is 5.63. The largest absolute Gasteiger partial charge is 0.495 e. The molecular weight excluding hydrogens is 520 g/mol. The number of rotatable bonds is 8. The van der Waals surface area contributed by atoms with E-state index in [1.165, 1.54) is 12.8 Å². The van der Waals surface area contributed by atoms with Crippen LogP contribution < -0.4 is 25.2 Å². The van der Waals surface area contributed by atoms with Gasteiger partial charge in [-0.3, -0.25) is 9.59 Å². The number of aliphatic hydroxyl groups excluding tert-OH is 1. The molecule has 3 aliphatic carbocycles. The van der Waals surface area contributed by atoms with Crippen LogP contribution in [0.1, 0.15) is 81.0 Å². The van der Waals surface area contributed by atoms with Gasteiger partial charge in [-0.2, -0.15) is 4.98 Å². The van der Waals surface area contributed by atoms with E-state index in [0.29, 0.717) is 42.1 Å². The van der Waals surface area contributed by atoms with Crippen molar-refractivity contribution < 1.29 is 19.4 Å². The molecule has 0 bridgehead atoms. The molecular formula is C31H42N6O4. The zero-order valence-electron chi connectivity index (χ0n) is 24.2. The smallest absolute Gasteiger partial charge is 0.251 e. The van der Waals surface area contributed by atoms with E-state index >= 15 is 0 Å². The standard InChI is InChI=1S/C31H42N6O4/c1-36-24-18-33-30(35-27(24)37(22-8-4-5-9-22)19-31(14-15-31)29(36)40)34-23-12-11-21(17-26(23)41-2)28(39)32-16-13-20-7-3-6-10-25(20)38/h11-12,17-18,20,22,25,38H,3-10,13-16,19H2,1-2H3,(H,32,39)(H,33,34,35)/t20-,25-/m0/s1. The Labute approximate surface area is 241 Å². The molecule has 4 aliphatic rings. The molecule has 1 spiro atoms. The van der Waals surface area contributed by atoms with Gasteiger partial charge in [-0.25, -0.2) is 4.98 Å². The molecule has 1 aromatic carbocycles. The second-order valence-corrected chi connectivity index (χ2v) is 12.3. The molecule has 0 unspecified atom stereocenters. The fourth-order valence-electron chi connectivity index (χ4n) is 6.90. The molecule has 2 amide bonds. The van der Waals surface area contributed by atoms with Gasteiger partial charge in [0, 0.05) is 31.7 Å². The van der Waals surface area contributed by atoms with E-state index < -0.39 is 0 Å². The average molecular weight is 563 g/mol. The Balaban J connectivity index is 1.18. The Morgan fingerprint density at radius 1 is 1.15 bits per heavy atom. The summed E-state index contributed by atoms with van der Waals surface area (Å²) in [4.78, 5) is 39.8. The minimum atomic E-state index is -0.304. The fourth-order valence-corrected chi connectivity index (χ4v) is 6.90. The lowest BCUT2D eigenvalue weighted by Gasteiger charge is -2.31. The van der Waals surface area contributed by atoms with Crippen LogP contribution in [0.15, 0.2) is 24.4 Å². The maximum atomic E-state index is 13.3. The number of hydrogen-bond donors (Lipinski definition) is 3. The summed E-state index contributed by atoms with van der Waals surface area (Å²) in [6, 6.07) is 5.65. The van der Waals surface area contributed by atoms with Crippen molar-refractivity contribution in [3.05, 3.63) is 30.0 Å². The van der Waals surface area contributed by atoms with Gasteiger partial charge in [0.15, 0.2) is 5.82 Å². The number of aromatic nitrogens is 2. The van der Waals surface area contributed by atoms with Gasteiger partial charge in [-0.1, -0.05) is 25.7 Å². The van der Waals surface area contributed by atoms with Gasteiger partial charge in [0.25, 0.3) is 5.91 Å². The van der Waals surface area contributed by atoms with E-state index in [9.17, 15) is 14.7 Å². The number of ether oxygens (including phenoxy) is 1. The first-order chi connectivity index (χ1) is 19.9. The van der Waals surface area contributed by atoms with Crippen molar-refractivity contribution in [2.24, 2.45) is 11.3 Å². The second kappa shape index (κ2) is 11.5. The lowest BCUT2D eigenvalue weighted by atomic mass is 9.84. The zero-order valence-corrected chi connectivity index (χ0v) is 24.2. The van der Waals surface area contributed by atoms with Crippen LogP contribution in [-0.4, -0.2) is 66.3 Å². The average Bonchev–Trinajstić information content (AvgIpc) is 3.59. The number of methoxy groups -OCH3 is 1. The van der Waals surface area contributed by atoms with Crippen LogP contribution in [0, 0.1) is 11.3 Å². The number of benzene rings is 1. The van der Waals surface area contributed by atoms with Gasteiger partial charge in [0.05, 0.1) is 30.5 Å². The van der Waals surface area contributed by atoms with Gasteiger partial charge in [0.2, 0.25) is 11.9 Å². The highest BCUT2D eigenvalue weighted by molar-refractivity contribution is 6.03. The first-order valence-electron chi connectivity index (χ1n) is 15.2. The van der Waals surface area contributed by atoms with E-state index in [0.717, 1.165) is 69.3 Å². The van der Waals surface area contributed by atoms with Crippen molar-refractivity contribution in [1.82, 2.24) is 15.3 Å². The molecule has 0 radical (unpaired) electrons. The molecule has 2 atom stereocenters. The van der Waals surface area contributed by atoms with Crippen molar-refractivity contribution in [2.75, 3.05) is 42.4 Å². The van der Waals surface area contributed by atoms with Crippen molar-refractivity contribution in [3.8, 4) is 5.75 Å². The van der Waals surface area contributed by atoms with Crippen LogP contribution in [-0.2, 0) is 4.79 Å². The van der Waals surface area contributed by atoms with E-state index in [-0.39, 0.29) is 29.3 Å². The number of anilines is 4. The predicted octanol–water partition coefficient (Wildman–Crippen LogP) is 4.41. The van der Waals surface area contributed by atoms with E-state index in [4.69, 9.17) is 9.72 Å². The molecule has 1 aliphatic heterocycles. The third-order valence-corrected chi connectivity index (χ3v) is 9.61. The molecule has 6 rings (SSSR count). The number of nitrogens with one attached hydrogen (secondary N) is 2. The van der Waals surface area contributed by atoms with Crippen molar-refractivity contribution in [1.29, 1.82) is 0 Å². The molecule has 0 saturated heterocycles. The second-order valence-electron chi connectivity index (χ2n) is 12.3. The zero-order chi connectivity index (χ0) is 28.6. The maximum absolute atomic E-state index is 13.3. The fraction of sp³-hybridized carbons (Fsp3) is 0.613. The van der Waals surface area contributed by atoms with Crippen LogP contribution in [0.4, 0.5) is 23.1 Å². The third kappa shape index (κ3) is 5.58. The van der Waals surface area contributed by atoms with Crippen LogP contribution >= 0.6 is 0 Å². The number of nitrogens with zero attached hydrogens (tertiary/aromatic N) is 4. The van der Waals surface area contributed by atoms with Gasteiger partial charge in [-0.15, -0.1) is 0 Å². The Kier molecular flexibility index (Phi) is 7.76. The predicted molar refractivity (Wildman–Crippen MR) is 158 cm³/mol. The topological polar surface area (TPSA) is 120 Å². The van der Waals surface area contributed by atoms with Gasteiger partial charge in [0.1, 0.15) is 11.4 Å². The van der Waals surface area contributed by atoms with Gasteiger partial charge < -0.3 is 30.3 Å². The first kappa shape index (κ1) is 27.8. The third-order valence-electron chi connectivity index (χ3n) is 9.61. The van der Waals surface area contributed by atoms with Gasteiger partial charge >= 0.3 is 0 Å². The molecule has 2 aromatic rings. The minimum Gasteiger partial charge on any atom is -0.495 e. The Morgan fingerprint density at radius 2 is 1.90 bits per heavy atom. The summed E-state index contributed by atoms with van der Waals surface area (Å²) >= 11 is 0. The Morgan fingerprint density at radius 3 is 2.63 bits per heavy atom. The highest BCUT2D eigenvalue weighted by atomic mass is 16.5. The van der Waals surface area contributed by atoms with Crippen LogP contribution in [0.3, 0.4) is 0 Å². The highest BCUT2D eigenvalue weighted by Crippen LogP contribution is 2.52. The maximum Gasteiger partial charge on any atom is 0.251 e. The van der Waals surface area contributed by atoms with Crippen molar-refractivity contribution in [2.45, 2.75) is 82.8 Å². The van der Waals surface area contributed by atoms with Crippen LogP contribution in [0.2, 0.25) is 0 Å². The number of carbonyl (C=O) groups is 2. The van der Waals surface area contributed by atoms with Crippen LogP contribution in [0.25, 0.3) is 0 Å². The lowest BCUT2D eigenvalue weighted by molar-refractivity contribution is -0.122. The quantitative estimate of drug-likeness (QED) is 0.433. The molecule has 3 N–H and O–H groups in total. The summed E-state index contributed by atoms with van der Waals surface area (Å²) in [6.45, 7) is 1.23. The Hall–Kier alpha value is -3.40. The molecule has 10 nitrogen and oxygen atoms in total. The summed E-state index contributed by atoms with van der Waals surface area (Å²) in [5.41, 5.74) is 1.60. The minimum absolute atomic E-state index is 0.161. The number of hydrogen-bond acceptors (Lipinski definition) is 8. The molecule has 220 valence electrons.